The van der Waals surface area contributed by atoms with Crippen molar-refractivity contribution < 1.29 is 13.9 Å². The summed E-state index contributed by atoms with van der Waals surface area (Å²) in [5.41, 5.74) is 5.99. The van der Waals surface area contributed by atoms with Crippen molar-refractivity contribution in [3.05, 3.63) is 23.7 Å². The monoisotopic (exact) mass is 316 g/mol. The van der Waals surface area contributed by atoms with Crippen LogP contribution in [-0.4, -0.2) is 25.2 Å². The van der Waals surface area contributed by atoms with E-state index in [1.54, 1.807) is 6.07 Å². The van der Waals surface area contributed by atoms with Crippen molar-refractivity contribution in [2.45, 2.75) is 39.3 Å². The number of carbonyl (C=O) groups is 1. The number of hydrogen-bond acceptors (Lipinski definition) is 4. The van der Waals surface area contributed by atoms with Crippen LogP contribution < -0.4 is 11.1 Å². The Morgan fingerprint density at radius 2 is 2.29 bits per heavy atom. The predicted octanol–water partition coefficient (Wildman–Crippen LogP) is 2.34. The molecule has 1 aliphatic rings. The van der Waals surface area contributed by atoms with Gasteiger partial charge in [-0.1, -0.05) is 13.8 Å². The average molecular weight is 317 g/mol. The van der Waals surface area contributed by atoms with Gasteiger partial charge in [-0.05, 0) is 24.8 Å². The van der Waals surface area contributed by atoms with Gasteiger partial charge in [0.15, 0.2) is 0 Å². The van der Waals surface area contributed by atoms with Crippen LogP contribution in [0.15, 0.2) is 16.7 Å². The standard InChI is InChI=1S/C15H24N2O3.ClH/c1-10(2)14-11(4-3-5-19-14)8-17-15(18)12-6-13(7-16)20-9-12;/h6,9-11,14H,3-5,7-8,16H2,1-2H3,(H,17,18);1H. The van der Waals surface area contributed by atoms with Gasteiger partial charge in [0, 0.05) is 19.1 Å². The van der Waals surface area contributed by atoms with E-state index in [4.69, 9.17) is 14.9 Å². The molecular weight excluding hydrogens is 292 g/mol. The minimum atomic E-state index is -0.110. The maximum atomic E-state index is 12.0. The minimum absolute atomic E-state index is 0. The third kappa shape index (κ3) is 4.73. The Kier molecular flexibility index (Phi) is 7.22. The zero-order valence-corrected chi connectivity index (χ0v) is 13.4. The Morgan fingerprint density at radius 1 is 1.52 bits per heavy atom. The molecule has 1 saturated heterocycles. The highest BCUT2D eigenvalue weighted by Gasteiger charge is 2.28. The van der Waals surface area contributed by atoms with Crippen LogP contribution in [0.3, 0.4) is 0 Å². The molecule has 2 unspecified atom stereocenters. The third-order valence-electron chi connectivity index (χ3n) is 3.79. The third-order valence-corrected chi connectivity index (χ3v) is 3.79. The van der Waals surface area contributed by atoms with Crippen molar-refractivity contribution in [2.75, 3.05) is 13.2 Å². The highest BCUT2D eigenvalue weighted by atomic mass is 35.5. The summed E-state index contributed by atoms with van der Waals surface area (Å²) in [6, 6.07) is 1.69. The Balaban J connectivity index is 0.00000220. The first-order valence-corrected chi connectivity index (χ1v) is 7.29. The molecule has 5 nitrogen and oxygen atoms in total. The molecule has 0 saturated carbocycles. The first kappa shape index (κ1) is 18.0. The van der Waals surface area contributed by atoms with Crippen LogP contribution in [0.5, 0.6) is 0 Å². The second-order valence-electron chi connectivity index (χ2n) is 5.70. The first-order valence-electron chi connectivity index (χ1n) is 7.29. The van der Waals surface area contributed by atoms with Gasteiger partial charge in [0.1, 0.15) is 12.0 Å². The normalized spacial score (nSPS) is 21.9. The molecule has 21 heavy (non-hydrogen) atoms. The van der Waals surface area contributed by atoms with Crippen molar-refractivity contribution in [2.24, 2.45) is 17.6 Å². The largest absolute Gasteiger partial charge is 0.467 e. The summed E-state index contributed by atoms with van der Waals surface area (Å²) in [7, 11) is 0. The lowest BCUT2D eigenvalue weighted by molar-refractivity contribution is -0.0510. The Bertz CT molecular complexity index is 448. The van der Waals surface area contributed by atoms with Crippen LogP contribution in [0.25, 0.3) is 0 Å². The Labute approximate surface area is 132 Å². The summed E-state index contributed by atoms with van der Waals surface area (Å²) in [6.45, 7) is 6.10. The van der Waals surface area contributed by atoms with Crippen LogP contribution in [-0.2, 0) is 11.3 Å². The molecule has 2 atom stereocenters. The molecule has 1 aromatic heterocycles. The number of carbonyl (C=O) groups excluding carboxylic acids is 1. The van der Waals surface area contributed by atoms with Crippen LogP contribution in [0.2, 0.25) is 0 Å². The SMILES string of the molecule is CC(C)C1OCCCC1CNC(=O)c1coc(CN)c1.Cl. The van der Waals surface area contributed by atoms with E-state index in [2.05, 4.69) is 19.2 Å². The maximum absolute atomic E-state index is 12.0. The molecule has 2 rings (SSSR count). The number of furan rings is 1. The van der Waals surface area contributed by atoms with Crippen molar-refractivity contribution in [1.82, 2.24) is 5.32 Å². The van der Waals surface area contributed by atoms with E-state index in [1.807, 2.05) is 0 Å². The van der Waals surface area contributed by atoms with E-state index in [0.29, 0.717) is 36.2 Å². The van der Waals surface area contributed by atoms with Gasteiger partial charge in [0.25, 0.3) is 5.91 Å². The smallest absolute Gasteiger partial charge is 0.254 e. The molecule has 0 spiro atoms. The van der Waals surface area contributed by atoms with Gasteiger partial charge in [0.2, 0.25) is 0 Å². The van der Waals surface area contributed by atoms with E-state index < -0.39 is 0 Å². The summed E-state index contributed by atoms with van der Waals surface area (Å²) < 4.78 is 11.0. The van der Waals surface area contributed by atoms with Crippen LogP contribution in [0.1, 0.15) is 42.8 Å². The number of halogens is 1. The summed E-state index contributed by atoms with van der Waals surface area (Å²) in [6.07, 6.45) is 3.84. The number of hydrogen-bond donors (Lipinski definition) is 2. The molecule has 2 heterocycles. The van der Waals surface area contributed by atoms with Crippen molar-refractivity contribution >= 4 is 18.3 Å². The second-order valence-corrected chi connectivity index (χ2v) is 5.70. The average Bonchev–Trinajstić information content (AvgIpc) is 2.94. The molecule has 0 aromatic carbocycles. The Hall–Kier alpha value is -1.04. The molecule has 3 N–H and O–H groups in total. The zero-order chi connectivity index (χ0) is 14.5. The molecule has 1 fully saturated rings. The van der Waals surface area contributed by atoms with E-state index in [0.717, 1.165) is 19.4 Å². The van der Waals surface area contributed by atoms with Crippen LogP contribution >= 0.6 is 12.4 Å². The minimum Gasteiger partial charge on any atom is -0.467 e. The molecule has 1 aliphatic heterocycles. The quantitative estimate of drug-likeness (QED) is 0.874. The molecule has 6 heteroatoms. The van der Waals surface area contributed by atoms with Gasteiger partial charge in [-0.15, -0.1) is 12.4 Å². The fraction of sp³-hybridized carbons (Fsp3) is 0.667. The topological polar surface area (TPSA) is 77.5 Å². The number of rotatable bonds is 5. The van der Waals surface area contributed by atoms with Gasteiger partial charge in [0.05, 0.1) is 18.2 Å². The highest BCUT2D eigenvalue weighted by Crippen LogP contribution is 2.25. The van der Waals surface area contributed by atoms with E-state index >= 15 is 0 Å². The fourth-order valence-corrected chi connectivity index (χ4v) is 2.75. The summed E-state index contributed by atoms with van der Waals surface area (Å²) in [5, 5.41) is 2.97. The summed E-state index contributed by atoms with van der Waals surface area (Å²) in [5.74, 6) is 1.36. The lowest BCUT2D eigenvalue weighted by Crippen LogP contribution is -2.41. The lowest BCUT2D eigenvalue weighted by Gasteiger charge is -2.34. The molecule has 0 bridgehead atoms. The van der Waals surface area contributed by atoms with Crippen LogP contribution in [0, 0.1) is 11.8 Å². The van der Waals surface area contributed by atoms with Gasteiger partial charge >= 0.3 is 0 Å². The van der Waals surface area contributed by atoms with E-state index in [-0.39, 0.29) is 24.4 Å². The van der Waals surface area contributed by atoms with Crippen LogP contribution in [0.4, 0.5) is 0 Å². The van der Waals surface area contributed by atoms with Gasteiger partial charge < -0.3 is 20.2 Å². The second kappa shape index (κ2) is 8.41. The zero-order valence-electron chi connectivity index (χ0n) is 12.6. The van der Waals surface area contributed by atoms with Gasteiger partial charge in [-0.2, -0.15) is 0 Å². The number of amides is 1. The van der Waals surface area contributed by atoms with E-state index in [1.165, 1.54) is 6.26 Å². The van der Waals surface area contributed by atoms with Gasteiger partial charge in [-0.3, -0.25) is 4.79 Å². The number of nitrogens with one attached hydrogen (secondary N) is 1. The first-order chi connectivity index (χ1) is 9.61. The fourth-order valence-electron chi connectivity index (χ4n) is 2.75. The molecule has 0 aliphatic carbocycles. The summed E-state index contributed by atoms with van der Waals surface area (Å²) in [4.78, 5) is 12.0. The van der Waals surface area contributed by atoms with Crippen molar-refractivity contribution in [1.29, 1.82) is 0 Å². The maximum Gasteiger partial charge on any atom is 0.254 e. The molecule has 120 valence electrons. The molecule has 1 aromatic rings. The molecule has 1 amide bonds. The van der Waals surface area contributed by atoms with Crippen molar-refractivity contribution in [3.8, 4) is 0 Å². The summed E-state index contributed by atoms with van der Waals surface area (Å²) >= 11 is 0. The highest BCUT2D eigenvalue weighted by molar-refractivity contribution is 5.93. The Morgan fingerprint density at radius 3 is 2.90 bits per heavy atom. The predicted molar refractivity (Wildman–Crippen MR) is 83.5 cm³/mol. The van der Waals surface area contributed by atoms with E-state index in [9.17, 15) is 4.79 Å². The number of ether oxygens (including phenoxy) is 1. The lowest BCUT2D eigenvalue weighted by atomic mass is 9.87. The van der Waals surface area contributed by atoms with Gasteiger partial charge in [-0.25, -0.2) is 0 Å². The molecule has 0 radical (unpaired) electrons. The molecular formula is C15H25ClN2O3. The number of nitrogens with two attached hydrogens (primary N) is 1. The van der Waals surface area contributed by atoms with Crippen molar-refractivity contribution in [3.63, 3.8) is 0 Å².